The first-order valence-electron chi connectivity index (χ1n) is 5.60. The molecule has 0 radical (unpaired) electrons. The standard InChI is InChI=1S/C11H17N3O4/c1-18-7-3-9(11(16)17)13-10(15)2-5-14-6-4-12-8-14/h4,6,8-9H,2-3,5,7H2,1H3,(H,13,15)(H,16,17). The lowest BCUT2D eigenvalue weighted by Gasteiger charge is -2.14. The minimum absolute atomic E-state index is 0.215. The lowest BCUT2D eigenvalue weighted by Crippen LogP contribution is -2.41. The molecular formula is C11H17N3O4. The molecule has 7 nitrogen and oxygen atoms in total. The number of carboxylic acid groups (broad SMARTS) is 1. The Labute approximate surface area is 105 Å². The molecule has 1 aromatic rings. The number of aryl methyl sites for hydroxylation is 1. The number of nitrogens with zero attached hydrogens (tertiary/aromatic N) is 2. The van der Waals surface area contributed by atoms with Crippen molar-refractivity contribution >= 4 is 11.9 Å². The van der Waals surface area contributed by atoms with Crippen LogP contribution in [0.15, 0.2) is 18.7 Å². The Morgan fingerprint density at radius 2 is 2.33 bits per heavy atom. The fraction of sp³-hybridized carbons (Fsp3) is 0.545. The summed E-state index contributed by atoms with van der Waals surface area (Å²) in [5.41, 5.74) is 0. The van der Waals surface area contributed by atoms with Crippen molar-refractivity contribution in [2.75, 3.05) is 13.7 Å². The minimum atomic E-state index is -1.05. The molecule has 1 rings (SSSR count). The van der Waals surface area contributed by atoms with Gasteiger partial charge in [-0.1, -0.05) is 0 Å². The molecule has 1 atom stereocenters. The van der Waals surface area contributed by atoms with E-state index in [1.165, 1.54) is 7.11 Å². The van der Waals surface area contributed by atoms with E-state index in [1.807, 2.05) is 0 Å². The van der Waals surface area contributed by atoms with Crippen LogP contribution in [0.4, 0.5) is 0 Å². The summed E-state index contributed by atoms with van der Waals surface area (Å²) in [6.45, 7) is 0.765. The first kappa shape index (κ1) is 14.2. The van der Waals surface area contributed by atoms with Crippen LogP contribution in [0.5, 0.6) is 0 Å². The Bertz CT molecular complexity index is 378. The topological polar surface area (TPSA) is 93.5 Å². The van der Waals surface area contributed by atoms with Gasteiger partial charge in [0.1, 0.15) is 6.04 Å². The van der Waals surface area contributed by atoms with Gasteiger partial charge in [0, 0.05) is 45.5 Å². The maximum atomic E-state index is 11.6. The van der Waals surface area contributed by atoms with Crippen LogP contribution in [0.25, 0.3) is 0 Å². The van der Waals surface area contributed by atoms with Crippen molar-refractivity contribution in [3.8, 4) is 0 Å². The predicted molar refractivity (Wildman–Crippen MR) is 62.9 cm³/mol. The van der Waals surface area contributed by atoms with E-state index < -0.39 is 12.0 Å². The molecule has 100 valence electrons. The highest BCUT2D eigenvalue weighted by atomic mass is 16.5. The minimum Gasteiger partial charge on any atom is -0.480 e. The van der Waals surface area contributed by atoms with Crippen molar-refractivity contribution in [3.63, 3.8) is 0 Å². The number of carboxylic acids is 1. The summed E-state index contributed by atoms with van der Waals surface area (Å²) in [6, 6.07) is -0.903. The number of nitrogens with one attached hydrogen (secondary N) is 1. The number of carbonyl (C=O) groups excluding carboxylic acids is 1. The molecule has 0 saturated carbocycles. The predicted octanol–water partition coefficient (Wildman–Crippen LogP) is -0.121. The third kappa shape index (κ3) is 4.96. The van der Waals surface area contributed by atoms with E-state index in [4.69, 9.17) is 9.84 Å². The summed E-state index contributed by atoms with van der Waals surface area (Å²) in [4.78, 5) is 26.3. The number of ether oxygens (including phenoxy) is 1. The molecule has 7 heteroatoms. The van der Waals surface area contributed by atoms with Crippen molar-refractivity contribution in [3.05, 3.63) is 18.7 Å². The quantitative estimate of drug-likeness (QED) is 0.675. The van der Waals surface area contributed by atoms with Gasteiger partial charge in [-0.15, -0.1) is 0 Å². The number of carbonyl (C=O) groups is 2. The van der Waals surface area contributed by atoms with Crippen LogP contribution >= 0.6 is 0 Å². The maximum absolute atomic E-state index is 11.6. The van der Waals surface area contributed by atoms with Gasteiger partial charge >= 0.3 is 5.97 Å². The number of hydrogen-bond donors (Lipinski definition) is 2. The van der Waals surface area contributed by atoms with Gasteiger partial charge in [0.25, 0.3) is 0 Å². The molecule has 2 N–H and O–H groups in total. The highest BCUT2D eigenvalue weighted by Gasteiger charge is 2.19. The third-order valence-corrected chi connectivity index (χ3v) is 2.40. The average Bonchev–Trinajstić information content (AvgIpc) is 2.84. The largest absolute Gasteiger partial charge is 0.480 e. The first-order valence-corrected chi connectivity index (χ1v) is 5.60. The number of rotatable bonds is 8. The van der Waals surface area contributed by atoms with E-state index in [-0.39, 0.29) is 18.7 Å². The van der Waals surface area contributed by atoms with E-state index in [0.29, 0.717) is 13.2 Å². The summed E-state index contributed by atoms with van der Waals surface area (Å²) in [5, 5.41) is 11.4. The molecule has 0 bridgehead atoms. The smallest absolute Gasteiger partial charge is 0.326 e. The molecule has 0 aliphatic rings. The second kappa shape index (κ2) is 7.44. The van der Waals surface area contributed by atoms with E-state index in [1.54, 1.807) is 23.3 Å². The van der Waals surface area contributed by atoms with Crippen molar-refractivity contribution in [1.29, 1.82) is 0 Å². The number of methoxy groups -OCH3 is 1. The Kier molecular flexibility index (Phi) is 5.86. The average molecular weight is 255 g/mol. The van der Waals surface area contributed by atoms with Crippen LogP contribution in [0.1, 0.15) is 12.8 Å². The Morgan fingerprint density at radius 3 is 2.89 bits per heavy atom. The van der Waals surface area contributed by atoms with E-state index >= 15 is 0 Å². The van der Waals surface area contributed by atoms with Crippen molar-refractivity contribution in [1.82, 2.24) is 14.9 Å². The summed E-state index contributed by atoms with van der Waals surface area (Å²) in [5.74, 6) is -1.35. The maximum Gasteiger partial charge on any atom is 0.326 e. The molecule has 1 heterocycles. The van der Waals surface area contributed by atoms with Crippen LogP contribution in [0.2, 0.25) is 0 Å². The molecule has 0 saturated heterocycles. The van der Waals surface area contributed by atoms with Crippen LogP contribution < -0.4 is 5.32 Å². The fourth-order valence-electron chi connectivity index (χ4n) is 1.41. The lowest BCUT2D eigenvalue weighted by atomic mass is 10.2. The molecule has 0 aromatic carbocycles. The third-order valence-electron chi connectivity index (χ3n) is 2.40. The zero-order valence-corrected chi connectivity index (χ0v) is 10.2. The van der Waals surface area contributed by atoms with Crippen LogP contribution in [-0.4, -0.2) is 46.3 Å². The van der Waals surface area contributed by atoms with Crippen LogP contribution in [0, 0.1) is 0 Å². The van der Waals surface area contributed by atoms with Gasteiger partial charge in [0.05, 0.1) is 6.33 Å². The molecule has 1 amide bonds. The molecule has 0 aliphatic heterocycles. The van der Waals surface area contributed by atoms with Gasteiger partial charge in [0.15, 0.2) is 0 Å². The number of hydrogen-bond acceptors (Lipinski definition) is 4. The molecule has 0 spiro atoms. The van der Waals surface area contributed by atoms with Crippen LogP contribution in [0.3, 0.4) is 0 Å². The summed E-state index contributed by atoms with van der Waals surface area (Å²) >= 11 is 0. The fourth-order valence-corrected chi connectivity index (χ4v) is 1.41. The lowest BCUT2D eigenvalue weighted by molar-refractivity contribution is -0.142. The van der Waals surface area contributed by atoms with E-state index in [9.17, 15) is 9.59 Å². The van der Waals surface area contributed by atoms with Crippen molar-refractivity contribution < 1.29 is 19.4 Å². The molecule has 1 unspecified atom stereocenters. The second-order valence-electron chi connectivity index (χ2n) is 3.79. The van der Waals surface area contributed by atoms with Gasteiger partial charge in [-0.25, -0.2) is 9.78 Å². The van der Waals surface area contributed by atoms with Crippen molar-refractivity contribution in [2.45, 2.75) is 25.4 Å². The molecule has 0 fully saturated rings. The Balaban J connectivity index is 2.34. The normalized spacial score (nSPS) is 12.1. The molecular weight excluding hydrogens is 238 g/mol. The zero-order valence-electron chi connectivity index (χ0n) is 10.2. The van der Waals surface area contributed by atoms with Gasteiger partial charge in [-0.05, 0) is 0 Å². The number of amides is 1. The van der Waals surface area contributed by atoms with E-state index in [2.05, 4.69) is 10.3 Å². The van der Waals surface area contributed by atoms with Gasteiger partial charge in [0.2, 0.25) is 5.91 Å². The number of aromatic nitrogens is 2. The number of imidazole rings is 1. The first-order chi connectivity index (χ1) is 8.63. The molecule has 1 aromatic heterocycles. The SMILES string of the molecule is COCCC(NC(=O)CCn1ccnc1)C(=O)O. The second-order valence-corrected chi connectivity index (χ2v) is 3.79. The summed E-state index contributed by atoms with van der Waals surface area (Å²) in [7, 11) is 1.49. The number of aliphatic carboxylic acids is 1. The monoisotopic (exact) mass is 255 g/mol. The van der Waals surface area contributed by atoms with Gasteiger partial charge < -0.3 is 19.7 Å². The van der Waals surface area contributed by atoms with E-state index in [0.717, 1.165) is 0 Å². The van der Waals surface area contributed by atoms with Gasteiger partial charge in [-0.3, -0.25) is 4.79 Å². The molecule has 0 aliphatic carbocycles. The summed E-state index contributed by atoms with van der Waals surface area (Å²) in [6.07, 6.45) is 5.44. The Morgan fingerprint density at radius 1 is 1.56 bits per heavy atom. The summed E-state index contributed by atoms with van der Waals surface area (Å²) < 4.78 is 6.55. The zero-order chi connectivity index (χ0) is 13.4. The highest BCUT2D eigenvalue weighted by Crippen LogP contribution is 1.96. The highest BCUT2D eigenvalue weighted by molar-refractivity contribution is 5.83. The van der Waals surface area contributed by atoms with Gasteiger partial charge in [-0.2, -0.15) is 0 Å². The molecule has 18 heavy (non-hydrogen) atoms. The van der Waals surface area contributed by atoms with Crippen molar-refractivity contribution in [2.24, 2.45) is 0 Å². The Hall–Kier alpha value is -1.89. The van der Waals surface area contributed by atoms with Crippen LogP contribution in [-0.2, 0) is 20.9 Å².